The molecule has 3 aliphatic heterocycles. The monoisotopic (exact) mass is 324 g/mol. The van der Waals surface area contributed by atoms with Crippen molar-refractivity contribution < 1.29 is 9.47 Å². The molecule has 23 heavy (non-hydrogen) atoms. The average Bonchev–Trinajstić information content (AvgIpc) is 3.13. The lowest BCUT2D eigenvalue weighted by molar-refractivity contribution is -0.0284. The average molecular weight is 324 g/mol. The summed E-state index contributed by atoms with van der Waals surface area (Å²) in [5.41, 5.74) is 0. The van der Waals surface area contributed by atoms with Crippen molar-refractivity contribution >= 4 is 5.96 Å². The summed E-state index contributed by atoms with van der Waals surface area (Å²) in [6, 6.07) is 0.407. The molecule has 3 heterocycles. The van der Waals surface area contributed by atoms with E-state index in [9.17, 15) is 0 Å². The van der Waals surface area contributed by atoms with E-state index in [4.69, 9.17) is 9.47 Å². The smallest absolute Gasteiger partial charge is 0.191 e. The molecule has 3 saturated heterocycles. The predicted molar refractivity (Wildman–Crippen MR) is 91.8 cm³/mol. The summed E-state index contributed by atoms with van der Waals surface area (Å²) in [5.74, 6) is 1.57. The van der Waals surface area contributed by atoms with Gasteiger partial charge in [0.05, 0.1) is 31.0 Å². The van der Waals surface area contributed by atoms with Crippen molar-refractivity contribution in [3.05, 3.63) is 0 Å². The highest BCUT2D eigenvalue weighted by atomic mass is 16.5. The highest BCUT2D eigenvalue weighted by molar-refractivity contribution is 5.80. The molecule has 0 saturated carbocycles. The van der Waals surface area contributed by atoms with Crippen LogP contribution >= 0.6 is 0 Å². The van der Waals surface area contributed by atoms with Gasteiger partial charge in [-0.1, -0.05) is 13.8 Å². The first-order valence-electron chi connectivity index (χ1n) is 9.10. The van der Waals surface area contributed by atoms with Crippen molar-refractivity contribution in [2.75, 3.05) is 39.8 Å². The van der Waals surface area contributed by atoms with Crippen LogP contribution in [-0.4, -0.2) is 75.0 Å². The van der Waals surface area contributed by atoms with E-state index in [0.717, 1.165) is 45.2 Å². The standard InChI is InChI=1S/C17H32N4O2/c1-12(2)10-21-6-7-22-14(11-21)9-19-17(18-3)20-15-8-13-4-5-16(15)23-13/h12-16H,4-11H2,1-3H3,(H2,18,19,20). The van der Waals surface area contributed by atoms with Crippen molar-refractivity contribution in [3.63, 3.8) is 0 Å². The number of morpholine rings is 1. The molecule has 3 aliphatic rings. The lowest BCUT2D eigenvalue weighted by atomic mass is 9.96. The SMILES string of the molecule is CN=C(NCC1CN(CC(C)C)CCO1)NC1CC2CCC1O2. The third-order valence-electron chi connectivity index (χ3n) is 5.00. The maximum Gasteiger partial charge on any atom is 0.191 e. The first kappa shape index (κ1) is 17.0. The summed E-state index contributed by atoms with van der Waals surface area (Å²) in [4.78, 5) is 6.86. The summed E-state index contributed by atoms with van der Waals surface area (Å²) < 4.78 is 11.8. The molecule has 0 aliphatic carbocycles. The summed E-state index contributed by atoms with van der Waals surface area (Å²) in [5, 5.41) is 6.96. The van der Waals surface area contributed by atoms with Gasteiger partial charge in [-0.3, -0.25) is 9.89 Å². The van der Waals surface area contributed by atoms with Crippen LogP contribution in [0.5, 0.6) is 0 Å². The normalized spacial score (nSPS) is 35.0. The van der Waals surface area contributed by atoms with Crippen LogP contribution in [0, 0.1) is 5.92 Å². The van der Waals surface area contributed by atoms with E-state index >= 15 is 0 Å². The predicted octanol–water partition coefficient (Wildman–Crippen LogP) is 0.828. The van der Waals surface area contributed by atoms with Crippen molar-refractivity contribution in [2.24, 2.45) is 10.9 Å². The van der Waals surface area contributed by atoms with E-state index in [1.807, 2.05) is 7.05 Å². The number of guanidine groups is 1. The second-order valence-electron chi connectivity index (χ2n) is 7.46. The lowest BCUT2D eigenvalue weighted by Gasteiger charge is -2.34. The Bertz CT molecular complexity index is 415. The summed E-state index contributed by atoms with van der Waals surface area (Å²) in [6.07, 6.45) is 4.56. The quantitative estimate of drug-likeness (QED) is 0.579. The van der Waals surface area contributed by atoms with Crippen LogP contribution in [0.2, 0.25) is 0 Å². The summed E-state index contributed by atoms with van der Waals surface area (Å²) in [7, 11) is 1.83. The molecule has 6 nitrogen and oxygen atoms in total. The Balaban J connectivity index is 1.41. The van der Waals surface area contributed by atoms with Crippen molar-refractivity contribution in [1.29, 1.82) is 0 Å². The molecule has 3 fully saturated rings. The van der Waals surface area contributed by atoms with Crippen LogP contribution < -0.4 is 10.6 Å². The zero-order valence-electron chi connectivity index (χ0n) is 14.8. The molecule has 2 N–H and O–H groups in total. The van der Waals surface area contributed by atoms with Gasteiger partial charge in [-0.05, 0) is 25.2 Å². The number of nitrogens with one attached hydrogen (secondary N) is 2. The Hall–Kier alpha value is -0.850. The van der Waals surface area contributed by atoms with Gasteiger partial charge >= 0.3 is 0 Å². The van der Waals surface area contributed by atoms with E-state index in [1.165, 1.54) is 12.8 Å². The van der Waals surface area contributed by atoms with Gasteiger partial charge in [0, 0.05) is 33.2 Å². The molecule has 2 bridgehead atoms. The minimum absolute atomic E-state index is 0.234. The van der Waals surface area contributed by atoms with Crippen LogP contribution in [-0.2, 0) is 9.47 Å². The van der Waals surface area contributed by atoms with E-state index in [0.29, 0.717) is 24.2 Å². The Labute approximate surface area is 140 Å². The molecule has 3 rings (SSSR count). The molecular weight excluding hydrogens is 292 g/mol. The number of rotatable bonds is 5. The van der Waals surface area contributed by atoms with E-state index in [-0.39, 0.29) is 6.10 Å². The lowest BCUT2D eigenvalue weighted by Crippen LogP contribution is -2.52. The molecule has 0 aromatic rings. The second-order valence-corrected chi connectivity index (χ2v) is 7.46. The van der Waals surface area contributed by atoms with Crippen molar-refractivity contribution in [2.45, 2.75) is 57.5 Å². The van der Waals surface area contributed by atoms with Crippen LogP contribution in [0.4, 0.5) is 0 Å². The summed E-state index contributed by atoms with van der Waals surface area (Å²) >= 11 is 0. The minimum Gasteiger partial charge on any atom is -0.374 e. The fourth-order valence-corrected chi connectivity index (χ4v) is 3.96. The number of ether oxygens (including phenoxy) is 2. The van der Waals surface area contributed by atoms with Crippen LogP contribution in [0.1, 0.15) is 33.1 Å². The molecule has 4 atom stereocenters. The van der Waals surface area contributed by atoms with Gasteiger partial charge in [0.1, 0.15) is 0 Å². The molecule has 0 aromatic heterocycles. The number of fused-ring (bicyclic) bond motifs is 2. The maximum absolute atomic E-state index is 5.90. The van der Waals surface area contributed by atoms with Crippen molar-refractivity contribution in [1.82, 2.24) is 15.5 Å². The van der Waals surface area contributed by atoms with Gasteiger partial charge in [-0.15, -0.1) is 0 Å². The Morgan fingerprint density at radius 3 is 2.87 bits per heavy atom. The molecule has 0 aromatic carbocycles. The van der Waals surface area contributed by atoms with Gasteiger partial charge in [-0.2, -0.15) is 0 Å². The molecule has 6 heteroatoms. The molecule has 0 amide bonds. The molecule has 0 spiro atoms. The minimum atomic E-state index is 0.234. The molecule has 132 valence electrons. The first-order chi connectivity index (χ1) is 11.1. The topological polar surface area (TPSA) is 58.1 Å². The zero-order chi connectivity index (χ0) is 16.2. The van der Waals surface area contributed by atoms with Crippen LogP contribution in [0.25, 0.3) is 0 Å². The van der Waals surface area contributed by atoms with E-state index in [1.54, 1.807) is 0 Å². The Kier molecular flexibility index (Phi) is 5.77. The fraction of sp³-hybridized carbons (Fsp3) is 0.941. The maximum atomic E-state index is 5.90. The van der Waals surface area contributed by atoms with Gasteiger partial charge < -0.3 is 20.1 Å². The Morgan fingerprint density at radius 2 is 2.22 bits per heavy atom. The van der Waals surface area contributed by atoms with E-state index < -0.39 is 0 Å². The van der Waals surface area contributed by atoms with E-state index in [2.05, 4.69) is 34.4 Å². The third-order valence-corrected chi connectivity index (χ3v) is 5.00. The number of aliphatic imine (C=N–C) groups is 1. The highest BCUT2D eigenvalue weighted by Crippen LogP contribution is 2.34. The number of nitrogens with zero attached hydrogens (tertiary/aromatic N) is 2. The zero-order valence-corrected chi connectivity index (χ0v) is 14.8. The Morgan fingerprint density at radius 1 is 1.35 bits per heavy atom. The molecule has 0 radical (unpaired) electrons. The van der Waals surface area contributed by atoms with Crippen LogP contribution in [0.15, 0.2) is 4.99 Å². The number of hydrogen-bond acceptors (Lipinski definition) is 4. The van der Waals surface area contributed by atoms with Gasteiger partial charge in [0.15, 0.2) is 5.96 Å². The van der Waals surface area contributed by atoms with Crippen molar-refractivity contribution in [3.8, 4) is 0 Å². The summed E-state index contributed by atoms with van der Waals surface area (Å²) in [6.45, 7) is 9.36. The third kappa shape index (κ3) is 4.58. The second kappa shape index (κ2) is 7.81. The first-order valence-corrected chi connectivity index (χ1v) is 9.10. The van der Waals surface area contributed by atoms with Gasteiger partial charge in [0.2, 0.25) is 0 Å². The largest absolute Gasteiger partial charge is 0.374 e. The van der Waals surface area contributed by atoms with Crippen LogP contribution in [0.3, 0.4) is 0 Å². The fourth-order valence-electron chi connectivity index (χ4n) is 3.96. The molecule has 4 unspecified atom stereocenters. The number of hydrogen-bond donors (Lipinski definition) is 2. The van der Waals surface area contributed by atoms with Gasteiger partial charge in [-0.25, -0.2) is 0 Å². The highest BCUT2D eigenvalue weighted by Gasteiger charge is 2.41. The molecular formula is C17H32N4O2. The van der Waals surface area contributed by atoms with Gasteiger partial charge in [0.25, 0.3) is 0 Å².